The van der Waals surface area contributed by atoms with Crippen LogP contribution in [0.5, 0.6) is 0 Å². The quantitative estimate of drug-likeness (QED) is 0.435. The number of hydrogen-bond acceptors (Lipinski definition) is 3. The monoisotopic (exact) mass is 410 g/mol. The molecule has 0 bridgehead atoms. The molecule has 0 saturated carbocycles. The van der Waals surface area contributed by atoms with E-state index in [1.54, 1.807) is 0 Å². The van der Waals surface area contributed by atoms with Crippen LogP contribution in [-0.4, -0.2) is 60.1 Å². The molecular formula is C26H38N2O2. The lowest BCUT2D eigenvalue weighted by atomic mass is 10.0. The maximum absolute atomic E-state index is 10.7. The molecule has 2 aromatic carbocycles. The highest BCUT2D eigenvalue weighted by Gasteiger charge is 2.11. The first-order chi connectivity index (χ1) is 14.7. The fourth-order valence-corrected chi connectivity index (χ4v) is 4.59. The molecule has 1 saturated heterocycles. The first kappa shape index (κ1) is 22.8. The minimum Gasteiger partial charge on any atom is -0.481 e. The van der Waals surface area contributed by atoms with E-state index in [4.69, 9.17) is 5.11 Å². The summed E-state index contributed by atoms with van der Waals surface area (Å²) in [6.07, 6.45) is 9.53. The molecule has 2 aromatic rings. The van der Waals surface area contributed by atoms with Crippen LogP contribution in [0.1, 0.15) is 56.9 Å². The fourth-order valence-electron chi connectivity index (χ4n) is 4.59. The number of fused-ring (bicyclic) bond motifs is 1. The number of unbranched alkanes of at least 4 members (excludes halogenated alkanes) is 3. The van der Waals surface area contributed by atoms with Crippen molar-refractivity contribution in [3.63, 3.8) is 0 Å². The lowest BCUT2D eigenvalue weighted by molar-refractivity contribution is -0.137. The smallest absolute Gasteiger partial charge is 0.303 e. The van der Waals surface area contributed by atoms with Crippen molar-refractivity contribution in [1.29, 1.82) is 0 Å². The number of benzene rings is 2. The molecule has 0 aliphatic carbocycles. The van der Waals surface area contributed by atoms with E-state index in [1.165, 1.54) is 61.7 Å². The summed E-state index contributed by atoms with van der Waals surface area (Å²) >= 11 is 0. The number of hydrogen-bond donors (Lipinski definition) is 1. The summed E-state index contributed by atoms with van der Waals surface area (Å²) in [5.74, 6) is -0.676. The Labute approximate surface area is 181 Å². The van der Waals surface area contributed by atoms with E-state index in [-0.39, 0.29) is 0 Å². The van der Waals surface area contributed by atoms with Gasteiger partial charge in [-0.3, -0.25) is 4.79 Å². The van der Waals surface area contributed by atoms with E-state index >= 15 is 0 Å². The van der Waals surface area contributed by atoms with Gasteiger partial charge >= 0.3 is 5.97 Å². The van der Waals surface area contributed by atoms with Crippen LogP contribution in [0.15, 0.2) is 42.5 Å². The van der Waals surface area contributed by atoms with Gasteiger partial charge in [0.25, 0.3) is 0 Å². The first-order valence-corrected chi connectivity index (χ1v) is 11.9. The van der Waals surface area contributed by atoms with Crippen molar-refractivity contribution in [3.8, 4) is 0 Å². The Morgan fingerprint density at radius 2 is 1.60 bits per heavy atom. The van der Waals surface area contributed by atoms with E-state index in [1.807, 2.05) is 0 Å². The van der Waals surface area contributed by atoms with Crippen LogP contribution in [0.4, 0.5) is 0 Å². The molecule has 1 heterocycles. The molecule has 0 amide bonds. The molecule has 1 aliphatic rings. The lowest BCUT2D eigenvalue weighted by Gasteiger charge is -2.23. The zero-order valence-corrected chi connectivity index (χ0v) is 18.4. The van der Waals surface area contributed by atoms with Crippen molar-refractivity contribution in [2.24, 2.45) is 0 Å². The highest BCUT2D eigenvalue weighted by molar-refractivity contribution is 5.85. The summed E-state index contributed by atoms with van der Waals surface area (Å²) in [4.78, 5) is 15.9. The summed E-state index contributed by atoms with van der Waals surface area (Å²) in [5, 5.41) is 11.5. The van der Waals surface area contributed by atoms with Gasteiger partial charge in [-0.1, -0.05) is 48.9 Å². The van der Waals surface area contributed by atoms with Crippen molar-refractivity contribution in [2.75, 3.05) is 39.3 Å². The van der Waals surface area contributed by atoms with Crippen molar-refractivity contribution in [3.05, 3.63) is 48.0 Å². The highest BCUT2D eigenvalue weighted by atomic mass is 16.4. The minimum absolute atomic E-state index is 0.297. The largest absolute Gasteiger partial charge is 0.481 e. The molecular weight excluding hydrogens is 372 g/mol. The van der Waals surface area contributed by atoms with Crippen molar-refractivity contribution in [2.45, 2.75) is 57.8 Å². The van der Waals surface area contributed by atoms with Crippen LogP contribution in [0.25, 0.3) is 10.8 Å². The molecule has 3 rings (SSSR count). The summed E-state index contributed by atoms with van der Waals surface area (Å²) in [6.45, 7) is 7.13. The second kappa shape index (κ2) is 12.7. The van der Waals surface area contributed by atoms with Gasteiger partial charge in [0.1, 0.15) is 0 Å². The third-order valence-corrected chi connectivity index (χ3v) is 6.34. The molecule has 1 N–H and O–H groups in total. The first-order valence-electron chi connectivity index (χ1n) is 11.9. The molecule has 1 aliphatic heterocycles. The van der Waals surface area contributed by atoms with Gasteiger partial charge in [-0.2, -0.15) is 0 Å². The maximum Gasteiger partial charge on any atom is 0.303 e. The van der Waals surface area contributed by atoms with E-state index < -0.39 is 5.97 Å². The lowest BCUT2D eigenvalue weighted by Crippen LogP contribution is -2.29. The summed E-state index contributed by atoms with van der Waals surface area (Å²) in [6, 6.07) is 15.3. The Morgan fingerprint density at radius 3 is 2.40 bits per heavy atom. The Bertz CT molecular complexity index is 765. The number of nitrogens with zero attached hydrogens (tertiary/aromatic N) is 2. The topological polar surface area (TPSA) is 43.8 Å². The Balaban J connectivity index is 1.47. The molecule has 164 valence electrons. The minimum atomic E-state index is -0.676. The van der Waals surface area contributed by atoms with Gasteiger partial charge < -0.3 is 14.9 Å². The van der Waals surface area contributed by atoms with Gasteiger partial charge in [-0.05, 0) is 94.0 Å². The normalized spacial score (nSPS) is 14.7. The van der Waals surface area contributed by atoms with Crippen LogP contribution in [-0.2, 0) is 11.2 Å². The van der Waals surface area contributed by atoms with Gasteiger partial charge in [0.2, 0.25) is 0 Å². The van der Waals surface area contributed by atoms with E-state index in [0.29, 0.717) is 6.42 Å². The zero-order chi connectivity index (χ0) is 21.0. The van der Waals surface area contributed by atoms with E-state index in [2.05, 4.69) is 52.3 Å². The molecule has 0 spiro atoms. The average molecular weight is 411 g/mol. The Hall–Kier alpha value is -1.91. The zero-order valence-electron chi connectivity index (χ0n) is 18.4. The third-order valence-electron chi connectivity index (χ3n) is 6.34. The SMILES string of the molecule is O=C(O)CCCCCN(CCCCN1CCCC1)CCc1cccc2ccccc12. The van der Waals surface area contributed by atoms with Crippen LogP contribution in [0.3, 0.4) is 0 Å². The second-order valence-electron chi connectivity index (χ2n) is 8.69. The van der Waals surface area contributed by atoms with Crippen LogP contribution in [0, 0.1) is 0 Å². The number of carboxylic acid groups (broad SMARTS) is 1. The van der Waals surface area contributed by atoms with Crippen LogP contribution < -0.4 is 0 Å². The average Bonchev–Trinajstić information content (AvgIpc) is 3.27. The third kappa shape index (κ3) is 7.73. The summed E-state index contributed by atoms with van der Waals surface area (Å²) < 4.78 is 0. The predicted octanol–water partition coefficient (Wildman–Crippen LogP) is 5.21. The van der Waals surface area contributed by atoms with Crippen molar-refractivity contribution in [1.82, 2.24) is 9.80 Å². The second-order valence-corrected chi connectivity index (χ2v) is 8.69. The van der Waals surface area contributed by atoms with Gasteiger partial charge in [0, 0.05) is 13.0 Å². The number of likely N-dealkylation sites (tertiary alicyclic amines) is 1. The van der Waals surface area contributed by atoms with Crippen LogP contribution >= 0.6 is 0 Å². The summed E-state index contributed by atoms with van der Waals surface area (Å²) in [7, 11) is 0. The molecule has 1 fully saturated rings. The number of carboxylic acids is 1. The number of aliphatic carboxylic acids is 1. The van der Waals surface area contributed by atoms with Gasteiger partial charge in [-0.25, -0.2) is 0 Å². The van der Waals surface area contributed by atoms with Gasteiger partial charge in [0.05, 0.1) is 0 Å². The van der Waals surface area contributed by atoms with Crippen molar-refractivity contribution < 1.29 is 9.90 Å². The van der Waals surface area contributed by atoms with E-state index in [0.717, 1.165) is 45.3 Å². The van der Waals surface area contributed by atoms with Crippen molar-refractivity contribution >= 4 is 16.7 Å². The van der Waals surface area contributed by atoms with E-state index in [9.17, 15) is 4.79 Å². The number of carbonyl (C=O) groups is 1. The molecule has 0 aromatic heterocycles. The standard InChI is InChI=1S/C26H38N2O2/c29-26(30)15-2-1-5-17-28(21-9-8-20-27-18-6-7-19-27)22-16-24-13-10-12-23-11-3-4-14-25(23)24/h3-4,10-14H,1-2,5-9,15-22H2,(H,29,30). The Morgan fingerprint density at radius 1 is 0.867 bits per heavy atom. The maximum atomic E-state index is 10.7. The van der Waals surface area contributed by atoms with Gasteiger partial charge in [-0.15, -0.1) is 0 Å². The molecule has 0 radical (unpaired) electrons. The Kier molecular flexibility index (Phi) is 9.65. The molecule has 4 nitrogen and oxygen atoms in total. The fraction of sp³-hybridized carbons (Fsp3) is 0.577. The molecule has 4 heteroatoms. The summed E-state index contributed by atoms with van der Waals surface area (Å²) in [5.41, 5.74) is 1.43. The van der Waals surface area contributed by atoms with Crippen LogP contribution in [0.2, 0.25) is 0 Å². The number of rotatable bonds is 14. The predicted molar refractivity (Wildman–Crippen MR) is 125 cm³/mol. The molecule has 30 heavy (non-hydrogen) atoms. The highest BCUT2D eigenvalue weighted by Crippen LogP contribution is 2.19. The molecule has 0 atom stereocenters. The van der Waals surface area contributed by atoms with Gasteiger partial charge in [0.15, 0.2) is 0 Å². The molecule has 0 unspecified atom stereocenters.